The van der Waals surface area contributed by atoms with Crippen LogP contribution in [0.25, 0.3) is 0 Å². The second kappa shape index (κ2) is 6.30. The van der Waals surface area contributed by atoms with Crippen molar-refractivity contribution in [3.8, 4) is 5.75 Å². The Labute approximate surface area is 105 Å². The molecule has 0 radical (unpaired) electrons. The number of aliphatic hydroxyl groups excluding tert-OH is 1. The predicted octanol–water partition coefficient (Wildman–Crippen LogP) is 2.73. The fraction of sp³-hybridized carbons (Fsp3) is 0.455. The van der Waals surface area contributed by atoms with Crippen LogP contribution in [0.2, 0.25) is 10.0 Å². The van der Waals surface area contributed by atoms with E-state index in [0.717, 1.165) is 0 Å². The van der Waals surface area contributed by atoms with Crippen LogP contribution in [-0.2, 0) is 0 Å². The van der Waals surface area contributed by atoms with Gasteiger partial charge in [0.2, 0.25) is 0 Å². The smallest absolute Gasteiger partial charge is 0.139 e. The van der Waals surface area contributed by atoms with Crippen molar-refractivity contribution in [1.29, 1.82) is 0 Å². The molecule has 0 aliphatic carbocycles. The molecule has 0 amide bonds. The summed E-state index contributed by atoms with van der Waals surface area (Å²) < 4.78 is 0. The van der Waals surface area contributed by atoms with Gasteiger partial charge < -0.3 is 15.5 Å². The number of halogens is 2. The van der Waals surface area contributed by atoms with Gasteiger partial charge in [0.05, 0.1) is 5.02 Å². The van der Waals surface area contributed by atoms with E-state index in [4.69, 9.17) is 28.3 Å². The first-order valence-electron chi connectivity index (χ1n) is 5.08. The van der Waals surface area contributed by atoms with Crippen LogP contribution < -0.4 is 5.32 Å². The molecular weight excluding hydrogens is 249 g/mol. The number of rotatable bonds is 5. The van der Waals surface area contributed by atoms with Crippen molar-refractivity contribution < 1.29 is 10.2 Å². The number of phenols is 1. The van der Waals surface area contributed by atoms with Gasteiger partial charge in [-0.25, -0.2) is 0 Å². The average molecular weight is 264 g/mol. The Bertz CT molecular complexity index is 358. The molecule has 0 aliphatic heterocycles. The first kappa shape index (κ1) is 13.6. The number of aromatic hydroxyl groups is 1. The number of aliphatic hydroxyl groups is 1. The molecule has 5 heteroatoms. The maximum absolute atomic E-state index is 9.77. The molecule has 0 saturated carbocycles. The number of hydrogen-bond acceptors (Lipinski definition) is 3. The largest absolute Gasteiger partial charge is 0.506 e. The van der Waals surface area contributed by atoms with E-state index >= 15 is 0 Å². The van der Waals surface area contributed by atoms with Crippen molar-refractivity contribution in [3.05, 3.63) is 27.7 Å². The van der Waals surface area contributed by atoms with Gasteiger partial charge in [0.1, 0.15) is 5.75 Å². The van der Waals surface area contributed by atoms with Crippen LogP contribution in [0.5, 0.6) is 5.75 Å². The first-order chi connectivity index (χ1) is 7.56. The zero-order valence-corrected chi connectivity index (χ0v) is 10.5. The van der Waals surface area contributed by atoms with Gasteiger partial charge >= 0.3 is 0 Å². The predicted molar refractivity (Wildman–Crippen MR) is 66.2 cm³/mol. The maximum Gasteiger partial charge on any atom is 0.139 e. The van der Waals surface area contributed by atoms with Gasteiger partial charge in [-0.05, 0) is 32.0 Å². The van der Waals surface area contributed by atoms with Crippen LogP contribution in [0.15, 0.2) is 12.1 Å². The summed E-state index contributed by atoms with van der Waals surface area (Å²) in [5.41, 5.74) is 0.662. The Morgan fingerprint density at radius 1 is 1.38 bits per heavy atom. The van der Waals surface area contributed by atoms with E-state index in [-0.39, 0.29) is 23.4 Å². The van der Waals surface area contributed by atoms with Gasteiger partial charge in [-0.2, -0.15) is 0 Å². The molecule has 0 heterocycles. The fourth-order valence-electron chi connectivity index (χ4n) is 1.42. The number of hydrogen-bond donors (Lipinski definition) is 3. The minimum atomic E-state index is -0.0669. The third-order valence-electron chi connectivity index (χ3n) is 2.31. The molecule has 90 valence electrons. The van der Waals surface area contributed by atoms with Gasteiger partial charge in [-0.15, -0.1) is 0 Å². The zero-order chi connectivity index (χ0) is 12.1. The molecule has 1 rings (SSSR count). The van der Waals surface area contributed by atoms with Gasteiger partial charge in [0.25, 0.3) is 0 Å². The van der Waals surface area contributed by atoms with E-state index in [1.54, 1.807) is 6.07 Å². The van der Waals surface area contributed by atoms with Crippen molar-refractivity contribution in [3.63, 3.8) is 0 Å². The van der Waals surface area contributed by atoms with Crippen LogP contribution >= 0.6 is 23.2 Å². The molecule has 16 heavy (non-hydrogen) atoms. The van der Waals surface area contributed by atoms with Crippen molar-refractivity contribution >= 4 is 23.2 Å². The van der Waals surface area contributed by atoms with Crippen LogP contribution in [-0.4, -0.2) is 23.4 Å². The van der Waals surface area contributed by atoms with E-state index in [1.165, 1.54) is 6.07 Å². The lowest BCUT2D eigenvalue weighted by Crippen LogP contribution is -2.20. The average Bonchev–Trinajstić information content (AvgIpc) is 2.23. The highest BCUT2D eigenvalue weighted by Gasteiger charge is 2.13. The van der Waals surface area contributed by atoms with E-state index in [2.05, 4.69) is 5.32 Å². The fourth-order valence-corrected chi connectivity index (χ4v) is 1.93. The summed E-state index contributed by atoms with van der Waals surface area (Å²) in [4.78, 5) is 0. The Hall–Kier alpha value is -0.480. The summed E-state index contributed by atoms with van der Waals surface area (Å²) in [5, 5.41) is 22.3. The highest BCUT2D eigenvalue weighted by Crippen LogP contribution is 2.34. The van der Waals surface area contributed by atoms with Crippen LogP contribution in [0.3, 0.4) is 0 Å². The quantitative estimate of drug-likeness (QED) is 0.717. The molecule has 1 aromatic carbocycles. The molecule has 0 spiro atoms. The maximum atomic E-state index is 9.77. The SMILES string of the molecule is CC(NCCCO)c1cc(Cl)cc(Cl)c1O. The van der Waals surface area contributed by atoms with Gasteiger partial charge in [-0.3, -0.25) is 0 Å². The highest BCUT2D eigenvalue weighted by molar-refractivity contribution is 6.35. The second-order valence-corrected chi connectivity index (χ2v) is 4.42. The Morgan fingerprint density at radius 2 is 2.06 bits per heavy atom. The Morgan fingerprint density at radius 3 is 2.69 bits per heavy atom. The number of phenolic OH excluding ortho intramolecular Hbond substituents is 1. The number of benzene rings is 1. The summed E-state index contributed by atoms with van der Waals surface area (Å²) in [7, 11) is 0. The Balaban J connectivity index is 2.78. The summed E-state index contributed by atoms with van der Waals surface area (Å²) in [6, 6.07) is 3.12. The molecule has 1 unspecified atom stereocenters. The van der Waals surface area contributed by atoms with Crippen molar-refractivity contribution in [2.24, 2.45) is 0 Å². The molecule has 0 bridgehead atoms. The zero-order valence-electron chi connectivity index (χ0n) is 9.00. The summed E-state index contributed by atoms with van der Waals surface area (Å²) >= 11 is 11.7. The van der Waals surface area contributed by atoms with Gasteiger partial charge in [0, 0.05) is 23.2 Å². The Kier molecular flexibility index (Phi) is 5.35. The topological polar surface area (TPSA) is 52.5 Å². The minimum absolute atomic E-state index is 0.0510. The molecule has 1 atom stereocenters. The lowest BCUT2D eigenvalue weighted by molar-refractivity contribution is 0.283. The molecule has 0 saturated heterocycles. The van der Waals surface area contributed by atoms with Gasteiger partial charge in [0.15, 0.2) is 0 Å². The molecular formula is C11H15Cl2NO2. The minimum Gasteiger partial charge on any atom is -0.506 e. The standard InChI is InChI=1S/C11H15Cl2NO2/c1-7(14-3-2-4-15)9-5-8(12)6-10(13)11(9)16/h5-7,14-16H,2-4H2,1H3. The van der Waals surface area contributed by atoms with Gasteiger partial charge in [-0.1, -0.05) is 23.2 Å². The van der Waals surface area contributed by atoms with Crippen molar-refractivity contribution in [2.75, 3.05) is 13.2 Å². The van der Waals surface area contributed by atoms with E-state index < -0.39 is 0 Å². The highest BCUT2D eigenvalue weighted by atomic mass is 35.5. The first-order valence-corrected chi connectivity index (χ1v) is 5.84. The van der Waals surface area contributed by atoms with Crippen molar-refractivity contribution in [2.45, 2.75) is 19.4 Å². The molecule has 3 nitrogen and oxygen atoms in total. The summed E-state index contributed by atoms with van der Waals surface area (Å²) in [5.74, 6) is 0.0510. The third-order valence-corrected chi connectivity index (χ3v) is 2.82. The lowest BCUT2D eigenvalue weighted by Gasteiger charge is -2.16. The normalized spacial score (nSPS) is 12.8. The monoisotopic (exact) mass is 263 g/mol. The van der Waals surface area contributed by atoms with Crippen LogP contribution in [0, 0.1) is 0 Å². The molecule has 1 aromatic rings. The van der Waals surface area contributed by atoms with Crippen LogP contribution in [0.4, 0.5) is 0 Å². The van der Waals surface area contributed by atoms with E-state index in [1.807, 2.05) is 6.92 Å². The van der Waals surface area contributed by atoms with Crippen LogP contribution in [0.1, 0.15) is 24.9 Å². The molecule has 0 fully saturated rings. The molecule has 0 aromatic heterocycles. The molecule has 0 aliphatic rings. The summed E-state index contributed by atoms with van der Waals surface area (Å²) in [6.45, 7) is 2.71. The van der Waals surface area contributed by atoms with E-state index in [0.29, 0.717) is 23.6 Å². The second-order valence-electron chi connectivity index (χ2n) is 3.58. The van der Waals surface area contributed by atoms with E-state index in [9.17, 15) is 5.11 Å². The molecule has 3 N–H and O–H groups in total. The number of nitrogens with one attached hydrogen (secondary N) is 1. The van der Waals surface area contributed by atoms with Crippen molar-refractivity contribution in [1.82, 2.24) is 5.32 Å². The third kappa shape index (κ3) is 3.52. The summed E-state index contributed by atoms with van der Waals surface area (Å²) in [6.07, 6.45) is 0.666. The lowest BCUT2D eigenvalue weighted by atomic mass is 10.1.